The first kappa shape index (κ1) is 25.8. The number of hydrogen-bond donors (Lipinski definition) is 4. The number of aromatic amines is 1. The van der Waals surface area contributed by atoms with Crippen molar-refractivity contribution in [2.45, 2.75) is 64.1 Å². The van der Waals surface area contributed by atoms with Gasteiger partial charge in [0.2, 0.25) is 0 Å². The molecular weight excluding hydrogens is 474 g/mol. The van der Waals surface area contributed by atoms with Crippen molar-refractivity contribution in [3.63, 3.8) is 0 Å². The van der Waals surface area contributed by atoms with Crippen LogP contribution in [0.1, 0.15) is 62.4 Å². The van der Waals surface area contributed by atoms with Gasteiger partial charge in [-0.1, -0.05) is 12.8 Å². The van der Waals surface area contributed by atoms with Gasteiger partial charge >= 0.3 is 12.1 Å². The Kier molecular flexibility index (Phi) is 7.47. The maximum atomic E-state index is 12.6. The Hall–Kier alpha value is -4.33. The van der Waals surface area contributed by atoms with Crippen LogP contribution in [0.3, 0.4) is 0 Å². The lowest BCUT2D eigenvalue weighted by Gasteiger charge is -2.34. The summed E-state index contributed by atoms with van der Waals surface area (Å²) in [5, 5.41) is 19.3. The normalized spacial score (nSPS) is 17.5. The third kappa shape index (κ3) is 6.27. The quantitative estimate of drug-likeness (QED) is 0.352. The molecule has 1 aliphatic carbocycles. The lowest BCUT2D eigenvalue weighted by atomic mass is 9.90. The molecule has 3 aromatic rings. The number of pyridine rings is 1. The minimum Gasteiger partial charge on any atom is -0.465 e. The van der Waals surface area contributed by atoms with Gasteiger partial charge in [-0.05, 0) is 57.9 Å². The Morgan fingerprint density at radius 3 is 2.62 bits per heavy atom. The van der Waals surface area contributed by atoms with Crippen molar-refractivity contribution in [1.29, 1.82) is 5.26 Å². The molecule has 0 saturated heterocycles. The van der Waals surface area contributed by atoms with Crippen molar-refractivity contribution in [1.82, 2.24) is 20.3 Å². The maximum absolute atomic E-state index is 12.6. The van der Waals surface area contributed by atoms with Gasteiger partial charge in [-0.2, -0.15) is 5.26 Å². The molecular formula is C26H31N7O4. The van der Waals surface area contributed by atoms with E-state index in [0.717, 1.165) is 36.7 Å². The summed E-state index contributed by atoms with van der Waals surface area (Å²) in [5.74, 6) is -0.0974. The van der Waals surface area contributed by atoms with Crippen LogP contribution in [0.15, 0.2) is 30.6 Å². The molecule has 1 amide bonds. The molecule has 2 aromatic heterocycles. The van der Waals surface area contributed by atoms with E-state index in [1.165, 1.54) is 13.2 Å². The average molecular weight is 506 g/mol. The van der Waals surface area contributed by atoms with Crippen molar-refractivity contribution >= 4 is 40.4 Å². The largest absolute Gasteiger partial charge is 0.465 e. The topological polar surface area (TPSA) is 154 Å². The fourth-order valence-corrected chi connectivity index (χ4v) is 4.38. The van der Waals surface area contributed by atoms with E-state index in [2.05, 4.69) is 37.0 Å². The van der Waals surface area contributed by atoms with E-state index in [4.69, 9.17) is 9.47 Å². The molecule has 0 spiro atoms. The Morgan fingerprint density at radius 2 is 1.92 bits per heavy atom. The van der Waals surface area contributed by atoms with E-state index < -0.39 is 17.7 Å². The van der Waals surface area contributed by atoms with E-state index in [1.54, 1.807) is 12.4 Å². The number of benzene rings is 1. The van der Waals surface area contributed by atoms with Crippen molar-refractivity contribution in [2.24, 2.45) is 0 Å². The molecule has 0 bridgehead atoms. The Labute approximate surface area is 215 Å². The molecule has 37 heavy (non-hydrogen) atoms. The fraction of sp³-hybridized carbons (Fsp3) is 0.423. The molecule has 2 atom stereocenters. The molecule has 4 N–H and O–H groups in total. The summed E-state index contributed by atoms with van der Waals surface area (Å²) in [6.07, 6.45) is 4.63. The highest BCUT2D eigenvalue weighted by atomic mass is 16.6. The number of anilines is 3. The average Bonchev–Trinajstić information content (AvgIpc) is 3.31. The van der Waals surface area contributed by atoms with E-state index in [1.807, 2.05) is 32.9 Å². The maximum Gasteiger partial charge on any atom is 0.407 e. The van der Waals surface area contributed by atoms with E-state index in [-0.39, 0.29) is 29.0 Å². The first-order valence-electron chi connectivity index (χ1n) is 12.2. The second kappa shape index (κ2) is 10.7. The number of nitriles is 1. The van der Waals surface area contributed by atoms with E-state index in [9.17, 15) is 14.9 Å². The number of nitrogens with zero attached hydrogens (tertiary/aromatic N) is 3. The number of methoxy groups -OCH3 is 1. The number of nitrogens with one attached hydrogen (secondary N) is 4. The Bertz CT molecular complexity index is 1340. The van der Waals surface area contributed by atoms with Gasteiger partial charge in [0.05, 0.1) is 36.1 Å². The summed E-state index contributed by atoms with van der Waals surface area (Å²) in [6, 6.07) is 8.75. The van der Waals surface area contributed by atoms with Gasteiger partial charge < -0.3 is 30.4 Å². The Balaban J connectivity index is 1.63. The number of esters is 1. The van der Waals surface area contributed by atoms with Gasteiger partial charge in [0, 0.05) is 11.7 Å². The van der Waals surface area contributed by atoms with Gasteiger partial charge in [-0.25, -0.2) is 19.6 Å². The van der Waals surface area contributed by atoms with Crippen LogP contribution >= 0.6 is 0 Å². The standard InChI is InChI=1S/C26H31N7O4/c1-26(2,3)37-25(35)32-19-8-6-5-7-18(19)31-21-11-15(13-27)22(24(34)36-4)23(33-21)30-16-9-10-17-20(12-16)29-14-28-17/h9-12,14,18-19H,5-8H2,1-4H3,(H,28,29)(H,32,35)(H2,30,31,33)/t18-,19+/m1/s1. The third-order valence-electron chi connectivity index (χ3n) is 6.01. The number of fused-ring (bicyclic) bond motifs is 1. The molecule has 4 rings (SSSR count). The number of carbonyl (C=O) groups excluding carboxylic acids is 2. The van der Waals surface area contributed by atoms with Gasteiger partial charge in [-0.3, -0.25) is 0 Å². The minimum absolute atomic E-state index is 0.0346. The number of hydrogen-bond acceptors (Lipinski definition) is 9. The lowest BCUT2D eigenvalue weighted by molar-refractivity contribution is 0.0487. The summed E-state index contributed by atoms with van der Waals surface area (Å²) >= 11 is 0. The number of H-pyrrole nitrogens is 1. The minimum atomic E-state index is -0.678. The number of carbonyl (C=O) groups is 2. The van der Waals surface area contributed by atoms with Gasteiger partial charge in [-0.15, -0.1) is 0 Å². The van der Waals surface area contributed by atoms with Crippen molar-refractivity contribution in [2.75, 3.05) is 17.7 Å². The van der Waals surface area contributed by atoms with Crippen LogP contribution in [-0.2, 0) is 9.47 Å². The summed E-state index contributed by atoms with van der Waals surface area (Å²) in [6.45, 7) is 5.45. The molecule has 1 aliphatic rings. The summed E-state index contributed by atoms with van der Waals surface area (Å²) < 4.78 is 10.4. The molecule has 1 aromatic carbocycles. The molecule has 11 heteroatoms. The fourth-order valence-electron chi connectivity index (χ4n) is 4.38. The highest BCUT2D eigenvalue weighted by Crippen LogP contribution is 2.29. The predicted octanol–water partition coefficient (Wildman–Crippen LogP) is 4.61. The van der Waals surface area contributed by atoms with Gasteiger partial charge in [0.1, 0.15) is 28.9 Å². The number of alkyl carbamates (subject to hydrolysis) is 1. The summed E-state index contributed by atoms with van der Waals surface area (Å²) in [5.41, 5.74) is 1.79. The van der Waals surface area contributed by atoms with Crippen molar-refractivity contribution in [3.05, 3.63) is 41.7 Å². The second-order valence-electron chi connectivity index (χ2n) is 9.93. The molecule has 11 nitrogen and oxygen atoms in total. The monoisotopic (exact) mass is 505 g/mol. The predicted molar refractivity (Wildman–Crippen MR) is 139 cm³/mol. The third-order valence-corrected chi connectivity index (χ3v) is 6.01. The highest BCUT2D eigenvalue weighted by molar-refractivity contribution is 5.99. The molecule has 0 unspecified atom stereocenters. The zero-order valence-electron chi connectivity index (χ0n) is 21.3. The van der Waals surface area contributed by atoms with Crippen LogP contribution in [0.2, 0.25) is 0 Å². The SMILES string of the molecule is COC(=O)c1c(C#N)cc(N[C@@H]2CCCC[C@@H]2NC(=O)OC(C)(C)C)nc1Nc1ccc2nc[nH]c2c1. The van der Waals surface area contributed by atoms with E-state index in [0.29, 0.717) is 11.5 Å². The summed E-state index contributed by atoms with van der Waals surface area (Å²) in [4.78, 5) is 36.9. The molecule has 2 heterocycles. The Morgan fingerprint density at radius 1 is 1.16 bits per heavy atom. The van der Waals surface area contributed by atoms with Crippen molar-refractivity contribution < 1.29 is 19.1 Å². The molecule has 194 valence electrons. The smallest absolute Gasteiger partial charge is 0.407 e. The number of ether oxygens (including phenoxy) is 2. The van der Waals surface area contributed by atoms with Crippen LogP contribution in [0.25, 0.3) is 11.0 Å². The van der Waals surface area contributed by atoms with Crippen LogP contribution in [0.4, 0.5) is 22.1 Å². The zero-order valence-corrected chi connectivity index (χ0v) is 21.3. The van der Waals surface area contributed by atoms with Crippen LogP contribution < -0.4 is 16.0 Å². The number of amides is 1. The lowest BCUT2D eigenvalue weighted by Crippen LogP contribution is -2.49. The number of imidazole rings is 1. The summed E-state index contributed by atoms with van der Waals surface area (Å²) in [7, 11) is 1.26. The van der Waals surface area contributed by atoms with Crippen LogP contribution in [0, 0.1) is 11.3 Å². The number of aromatic nitrogens is 3. The van der Waals surface area contributed by atoms with Gasteiger partial charge in [0.25, 0.3) is 0 Å². The molecule has 0 radical (unpaired) electrons. The molecule has 0 aliphatic heterocycles. The zero-order chi connectivity index (χ0) is 26.6. The first-order valence-corrected chi connectivity index (χ1v) is 12.2. The number of rotatable bonds is 6. The highest BCUT2D eigenvalue weighted by Gasteiger charge is 2.29. The van der Waals surface area contributed by atoms with Gasteiger partial charge in [0.15, 0.2) is 0 Å². The van der Waals surface area contributed by atoms with Crippen molar-refractivity contribution in [3.8, 4) is 6.07 Å². The van der Waals surface area contributed by atoms with Crippen LogP contribution in [0.5, 0.6) is 0 Å². The van der Waals surface area contributed by atoms with Crippen LogP contribution in [-0.4, -0.2) is 51.8 Å². The second-order valence-corrected chi connectivity index (χ2v) is 9.93. The molecule has 1 saturated carbocycles. The van der Waals surface area contributed by atoms with E-state index >= 15 is 0 Å². The molecule has 1 fully saturated rings. The first-order chi connectivity index (χ1) is 17.7.